The van der Waals surface area contributed by atoms with Crippen molar-refractivity contribution in [3.8, 4) is 0 Å². The number of nitrogens with two attached hydrogens (primary N) is 2. The van der Waals surface area contributed by atoms with Crippen LogP contribution in [0.3, 0.4) is 0 Å². The van der Waals surface area contributed by atoms with Gasteiger partial charge in [0.25, 0.3) is 0 Å². The fourth-order valence-corrected chi connectivity index (χ4v) is 2.40. The first kappa shape index (κ1) is 26.8. The van der Waals surface area contributed by atoms with Crippen molar-refractivity contribution < 1.29 is 29.4 Å². The van der Waals surface area contributed by atoms with Crippen LogP contribution < -0.4 is 27.4 Å². The molecule has 9 N–H and O–H groups in total. The van der Waals surface area contributed by atoms with Crippen LogP contribution in [0.4, 0.5) is 0 Å². The lowest BCUT2D eigenvalue weighted by molar-refractivity contribution is -0.142. The first-order valence-corrected chi connectivity index (χ1v) is 9.79. The summed E-state index contributed by atoms with van der Waals surface area (Å²) in [5.41, 5.74) is 11.2. The molecule has 0 radical (unpaired) electrons. The molecule has 0 spiro atoms. The summed E-state index contributed by atoms with van der Waals surface area (Å²) in [6.45, 7) is 4.78. The van der Waals surface area contributed by atoms with Crippen LogP contribution in [-0.2, 0) is 19.2 Å². The van der Waals surface area contributed by atoms with Gasteiger partial charge in [-0.25, -0.2) is 4.79 Å². The van der Waals surface area contributed by atoms with E-state index >= 15 is 0 Å². The normalized spacial score (nSPS) is 16.1. The van der Waals surface area contributed by atoms with Crippen molar-refractivity contribution >= 4 is 23.7 Å². The smallest absolute Gasteiger partial charge is 0.326 e. The third-order valence-electron chi connectivity index (χ3n) is 4.69. The van der Waals surface area contributed by atoms with Crippen molar-refractivity contribution in [1.82, 2.24) is 16.0 Å². The zero-order chi connectivity index (χ0) is 22.6. The maximum absolute atomic E-state index is 12.3. The Balaban J connectivity index is 4.80. The molecule has 0 rings (SSSR count). The summed E-state index contributed by atoms with van der Waals surface area (Å²) in [7, 11) is 0. The molecule has 0 aliphatic rings. The standard InChI is InChI=1S/C18H35N5O6/c1-4-10(2)14(20)17(27)21-11(3)15(25)23-13(9-24)16(26)22-12(18(28)29)7-5-6-8-19/h10-14,24H,4-9,19-20H2,1-3H3,(H,21,27)(H,22,26)(H,23,25)(H,28,29). The van der Waals surface area contributed by atoms with E-state index in [-0.39, 0.29) is 12.3 Å². The van der Waals surface area contributed by atoms with Crippen LogP contribution in [0.15, 0.2) is 0 Å². The number of carboxylic acid groups (broad SMARTS) is 1. The lowest BCUT2D eigenvalue weighted by Crippen LogP contribution is -2.57. The Morgan fingerprint density at radius 2 is 1.52 bits per heavy atom. The fraction of sp³-hybridized carbons (Fsp3) is 0.778. The molecular weight excluding hydrogens is 382 g/mol. The van der Waals surface area contributed by atoms with Crippen molar-refractivity contribution in [3.05, 3.63) is 0 Å². The van der Waals surface area contributed by atoms with E-state index in [1.165, 1.54) is 6.92 Å². The van der Waals surface area contributed by atoms with E-state index in [0.29, 0.717) is 25.8 Å². The molecule has 11 nitrogen and oxygen atoms in total. The van der Waals surface area contributed by atoms with Gasteiger partial charge < -0.3 is 37.6 Å². The number of unbranched alkanes of at least 4 members (excludes halogenated alkanes) is 1. The monoisotopic (exact) mass is 417 g/mol. The number of nitrogens with one attached hydrogen (secondary N) is 3. The van der Waals surface area contributed by atoms with Gasteiger partial charge in [-0.1, -0.05) is 20.3 Å². The maximum atomic E-state index is 12.3. The van der Waals surface area contributed by atoms with E-state index in [0.717, 1.165) is 0 Å². The number of carboxylic acids is 1. The van der Waals surface area contributed by atoms with Crippen molar-refractivity contribution in [2.75, 3.05) is 13.2 Å². The molecule has 0 aliphatic heterocycles. The topological polar surface area (TPSA) is 197 Å². The van der Waals surface area contributed by atoms with Crippen molar-refractivity contribution in [2.24, 2.45) is 17.4 Å². The average molecular weight is 418 g/mol. The Morgan fingerprint density at radius 1 is 0.931 bits per heavy atom. The number of carbonyl (C=O) groups is 4. The van der Waals surface area contributed by atoms with Crippen LogP contribution in [0.2, 0.25) is 0 Å². The van der Waals surface area contributed by atoms with Crippen LogP contribution in [0, 0.1) is 5.92 Å². The molecule has 0 bridgehead atoms. The summed E-state index contributed by atoms with van der Waals surface area (Å²) < 4.78 is 0. The Hall–Kier alpha value is -2.24. The lowest BCUT2D eigenvalue weighted by Gasteiger charge is -2.23. The van der Waals surface area contributed by atoms with Gasteiger partial charge in [0.2, 0.25) is 17.7 Å². The van der Waals surface area contributed by atoms with Crippen LogP contribution >= 0.6 is 0 Å². The highest BCUT2D eigenvalue weighted by atomic mass is 16.4. The Bertz CT molecular complexity index is 559. The minimum Gasteiger partial charge on any atom is -0.480 e. The first-order chi connectivity index (χ1) is 13.6. The lowest BCUT2D eigenvalue weighted by atomic mass is 9.99. The summed E-state index contributed by atoms with van der Waals surface area (Å²) in [5, 5.41) is 25.7. The molecule has 168 valence electrons. The highest BCUT2D eigenvalue weighted by Gasteiger charge is 2.28. The molecule has 0 aromatic heterocycles. The van der Waals surface area contributed by atoms with Crippen molar-refractivity contribution in [2.45, 2.75) is 70.6 Å². The number of hydrogen-bond donors (Lipinski definition) is 7. The molecule has 0 saturated carbocycles. The van der Waals surface area contributed by atoms with Gasteiger partial charge in [0.05, 0.1) is 12.6 Å². The summed E-state index contributed by atoms with van der Waals surface area (Å²) in [4.78, 5) is 47.9. The number of rotatable bonds is 14. The minimum absolute atomic E-state index is 0.0755. The summed E-state index contributed by atoms with van der Waals surface area (Å²) >= 11 is 0. The second kappa shape index (κ2) is 13.9. The van der Waals surface area contributed by atoms with E-state index in [2.05, 4.69) is 16.0 Å². The van der Waals surface area contributed by atoms with Gasteiger partial charge >= 0.3 is 5.97 Å². The minimum atomic E-state index is -1.36. The zero-order valence-corrected chi connectivity index (χ0v) is 17.3. The zero-order valence-electron chi connectivity index (χ0n) is 17.3. The van der Waals surface area contributed by atoms with Gasteiger partial charge in [-0.2, -0.15) is 0 Å². The highest BCUT2D eigenvalue weighted by Crippen LogP contribution is 2.05. The SMILES string of the molecule is CCC(C)C(N)C(=O)NC(C)C(=O)NC(CO)C(=O)NC(CCCCN)C(=O)O. The predicted octanol–water partition coefficient (Wildman–Crippen LogP) is -1.96. The Labute approximate surface area is 171 Å². The number of aliphatic hydroxyl groups excluding tert-OH is 1. The largest absolute Gasteiger partial charge is 0.480 e. The molecule has 0 aliphatic carbocycles. The van der Waals surface area contributed by atoms with Crippen molar-refractivity contribution in [1.29, 1.82) is 0 Å². The summed E-state index contributed by atoms with van der Waals surface area (Å²) in [6, 6.07) is -4.30. The molecule has 0 heterocycles. The quantitative estimate of drug-likeness (QED) is 0.158. The third-order valence-corrected chi connectivity index (χ3v) is 4.69. The molecule has 5 unspecified atom stereocenters. The first-order valence-electron chi connectivity index (χ1n) is 9.79. The maximum Gasteiger partial charge on any atom is 0.326 e. The molecule has 3 amide bonds. The Kier molecular flexibility index (Phi) is 12.8. The summed E-state index contributed by atoms with van der Waals surface area (Å²) in [5.74, 6) is -3.35. The molecule has 5 atom stereocenters. The number of carbonyl (C=O) groups excluding carboxylic acids is 3. The second-order valence-electron chi connectivity index (χ2n) is 7.07. The molecule has 0 aromatic carbocycles. The van der Waals surface area contributed by atoms with Crippen LogP contribution in [0.1, 0.15) is 46.5 Å². The van der Waals surface area contributed by atoms with Crippen LogP contribution in [-0.4, -0.2) is 71.2 Å². The highest BCUT2D eigenvalue weighted by molar-refractivity contribution is 5.93. The average Bonchev–Trinajstić information content (AvgIpc) is 2.69. The second-order valence-corrected chi connectivity index (χ2v) is 7.07. The van der Waals surface area contributed by atoms with E-state index in [1.807, 2.05) is 13.8 Å². The number of aliphatic carboxylic acids is 1. The van der Waals surface area contributed by atoms with E-state index in [9.17, 15) is 29.4 Å². The fourth-order valence-electron chi connectivity index (χ4n) is 2.40. The molecule has 29 heavy (non-hydrogen) atoms. The molecule has 0 saturated heterocycles. The van der Waals surface area contributed by atoms with Gasteiger partial charge in [-0.3, -0.25) is 14.4 Å². The van der Waals surface area contributed by atoms with E-state index in [4.69, 9.17) is 11.5 Å². The number of hydrogen-bond acceptors (Lipinski definition) is 7. The van der Waals surface area contributed by atoms with E-state index < -0.39 is 54.5 Å². The van der Waals surface area contributed by atoms with Gasteiger partial charge in [0, 0.05) is 0 Å². The van der Waals surface area contributed by atoms with Crippen molar-refractivity contribution in [3.63, 3.8) is 0 Å². The molecule has 0 aromatic rings. The van der Waals surface area contributed by atoms with E-state index in [1.54, 1.807) is 0 Å². The predicted molar refractivity (Wildman–Crippen MR) is 107 cm³/mol. The van der Waals surface area contributed by atoms with Gasteiger partial charge in [0.1, 0.15) is 18.1 Å². The van der Waals surface area contributed by atoms with Gasteiger partial charge in [0.15, 0.2) is 0 Å². The number of aliphatic hydroxyl groups is 1. The van der Waals surface area contributed by atoms with Gasteiger partial charge in [-0.15, -0.1) is 0 Å². The Morgan fingerprint density at radius 3 is 2.00 bits per heavy atom. The van der Waals surface area contributed by atoms with Crippen LogP contribution in [0.5, 0.6) is 0 Å². The van der Waals surface area contributed by atoms with Gasteiger partial charge in [-0.05, 0) is 38.6 Å². The number of amides is 3. The summed E-state index contributed by atoms with van der Waals surface area (Å²) in [6.07, 6.45) is 1.97. The molecule has 0 fully saturated rings. The molecule has 11 heteroatoms. The third kappa shape index (κ3) is 9.68. The van der Waals surface area contributed by atoms with Crippen LogP contribution in [0.25, 0.3) is 0 Å². The molecular formula is C18H35N5O6.